The molecule has 1 aliphatic rings. The molecule has 1 aliphatic carbocycles. The molecule has 0 unspecified atom stereocenters. The average molecular weight is 271 g/mol. The van der Waals surface area contributed by atoms with Crippen molar-refractivity contribution in [2.24, 2.45) is 5.92 Å². The quantitative estimate of drug-likeness (QED) is 0.877. The van der Waals surface area contributed by atoms with Crippen molar-refractivity contribution in [2.75, 3.05) is 6.54 Å². The third-order valence-electron chi connectivity index (χ3n) is 3.79. The minimum Gasteiger partial charge on any atom is -0.459 e. The summed E-state index contributed by atoms with van der Waals surface area (Å²) in [6.45, 7) is 0.196. The zero-order chi connectivity index (χ0) is 14.0. The van der Waals surface area contributed by atoms with Crippen LogP contribution in [0.1, 0.15) is 29.0 Å². The van der Waals surface area contributed by atoms with Crippen LogP contribution in [-0.4, -0.2) is 17.6 Å². The molecule has 104 valence electrons. The van der Waals surface area contributed by atoms with Crippen molar-refractivity contribution in [3.05, 3.63) is 60.1 Å². The Hall–Kier alpha value is -2.07. The van der Waals surface area contributed by atoms with E-state index in [-0.39, 0.29) is 24.1 Å². The molecule has 1 saturated carbocycles. The number of carbonyl (C=O) groups is 1. The first kappa shape index (κ1) is 12.9. The second-order valence-corrected chi connectivity index (χ2v) is 5.22. The maximum Gasteiger partial charge on any atom is 0.287 e. The standard InChI is InChI=1S/C16H17NO3/c18-15(14-7-4-10-20-14)17-11-16(19,13-8-9-13)12-5-2-1-3-6-12/h1-7,10,13,19H,8-9,11H2,(H,17,18)/t16-/m0/s1. The molecule has 1 atom stereocenters. The molecule has 1 heterocycles. The summed E-state index contributed by atoms with van der Waals surface area (Å²) in [6, 6.07) is 12.8. The average Bonchev–Trinajstić information content (AvgIpc) is 3.21. The lowest BCUT2D eigenvalue weighted by atomic mass is 9.88. The highest BCUT2D eigenvalue weighted by molar-refractivity contribution is 5.91. The van der Waals surface area contributed by atoms with Gasteiger partial charge in [0.1, 0.15) is 5.60 Å². The predicted octanol–water partition coefficient (Wildman–Crippen LogP) is 2.31. The van der Waals surface area contributed by atoms with Gasteiger partial charge in [0.15, 0.2) is 5.76 Å². The van der Waals surface area contributed by atoms with Gasteiger partial charge in [-0.1, -0.05) is 30.3 Å². The van der Waals surface area contributed by atoms with Crippen LogP contribution in [-0.2, 0) is 5.60 Å². The summed E-state index contributed by atoms with van der Waals surface area (Å²) in [5.74, 6) is 0.169. The summed E-state index contributed by atoms with van der Waals surface area (Å²) in [6.07, 6.45) is 3.43. The molecule has 1 aromatic heterocycles. The van der Waals surface area contributed by atoms with Gasteiger partial charge in [0.2, 0.25) is 0 Å². The van der Waals surface area contributed by atoms with Gasteiger partial charge < -0.3 is 14.8 Å². The molecule has 4 nitrogen and oxygen atoms in total. The van der Waals surface area contributed by atoms with Gasteiger partial charge in [-0.05, 0) is 36.5 Å². The lowest BCUT2D eigenvalue weighted by Gasteiger charge is -2.29. The van der Waals surface area contributed by atoms with Crippen molar-refractivity contribution in [3.8, 4) is 0 Å². The van der Waals surface area contributed by atoms with Crippen molar-refractivity contribution in [3.63, 3.8) is 0 Å². The van der Waals surface area contributed by atoms with E-state index in [1.54, 1.807) is 12.1 Å². The third-order valence-corrected chi connectivity index (χ3v) is 3.79. The Kier molecular flexibility index (Phi) is 3.32. The van der Waals surface area contributed by atoms with Crippen molar-refractivity contribution in [1.82, 2.24) is 5.32 Å². The van der Waals surface area contributed by atoms with Crippen molar-refractivity contribution in [1.29, 1.82) is 0 Å². The molecule has 0 bridgehead atoms. The Bertz CT molecular complexity index is 575. The summed E-state index contributed by atoms with van der Waals surface area (Å²) < 4.78 is 5.05. The van der Waals surface area contributed by atoms with E-state index in [0.29, 0.717) is 0 Å². The maximum absolute atomic E-state index is 11.9. The van der Waals surface area contributed by atoms with E-state index in [1.807, 2.05) is 30.3 Å². The van der Waals surface area contributed by atoms with E-state index >= 15 is 0 Å². The molecule has 1 aromatic carbocycles. The Morgan fingerprint density at radius 3 is 2.60 bits per heavy atom. The lowest BCUT2D eigenvalue weighted by Crippen LogP contribution is -2.42. The van der Waals surface area contributed by atoms with Gasteiger partial charge in [0, 0.05) is 0 Å². The number of hydrogen-bond donors (Lipinski definition) is 2. The summed E-state index contributed by atoms with van der Waals surface area (Å²) in [4.78, 5) is 11.9. The number of carbonyl (C=O) groups excluding carboxylic acids is 1. The molecule has 4 heteroatoms. The largest absolute Gasteiger partial charge is 0.459 e. The molecule has 0 aliphatic heterocycles. The fourth-order valence-electron chi connectivity index (χ4n) is 2.48. The van der Waals surface area contributed by atoms with Crippen LogP contribution in [0.2, 0.25) is 0 Å². The zero-order valence-corrected chi connectivity index (χ0v) is 11.1. The molecule has 0 spiro atoms. The Labute approximate surface area is 117 Å². The van der Waals surface area contributed by atoms with Crippen LogP contribution in [0.3, 0.4) is 0 Å². The highest BCUT2D eigenvalue weighted by Crippen LogP contribution is 2.45. The maximum atomic E-state index is 11.9. The first-order valence-electron chi connectivity index (χ1n) is 6.80. The van der Waals surface area contributed by atoms with Gasteiger partial charge in [-0.3, -0.25) is 4.79 Å². The zero-order valence-electron chi connectivity index (χ0n) is 11.1. The molecule has 0 radical (unpaired) electrons. The third kappa shape index (κ3) is 2.47. The minimum atomic E-state index is -0.997. The smallest absolute Gasteiger partial charge is 0.287 e. The number of furan rings is 1. The minimum absolute atomic E-state index is 0.196. The number of nitrogens with one attached hydrogen (secondary N) is 1. The van der Waals surface area contributed by atoms with E-state index in [1.165, 1.54) is 6.26 Å². The fraction of sp³-hybridized carbons (Fsp3) is 0.312. The number of amides is 1. The van der Waals surface area contributed by atoms with Crippen LogP contribution < -0.4 is 5.32 Å². The van der Waals surface area contributed by atoms with Crippen LogP contribution in [0.4, 0.5) is 0 Å². The normalized spacial score (nSPS) is 17.4. The van der Waals surface area contributed by atoms with Gasteiger partial charge in [-0.2, -0.15) is 0 Å². The Balaban J connectivity index is 1.74. The van der Waals surface area contributed by atoms with Crippen LogP contribution in [0.15, 0.2) is 53.1 Å². The van der Waals surface area contributed by atoms with Crippen molar-refractivity contribution < 1.29 is 14.3 Å². The Morgan fingerprint density at radius 1 is 1.25 bits per heavy atom. The molecule has 3 rings (SSSR count). The van der Waals surface area contributed by atoms with Crippen LogP contribution in [0.25, 0.3) is 0 Å². The van der Waals surface area contributed by atoms with Crippen molar-refractivity contribution in [2.45, 2.75) is 18.4 Å². The van der Waals surface area contributed by atoms with Crippen LogP contribution >= 0.6 is 0 Å². The van der Waals surface area contributed by atoms with E-state index in [0.717, 1.165) is 18.4 Å². The molecule has 2 aromatic rings. The molecule has 2 N–H and O–H groups in total. The van der Waals surface area contributed by atoms with Gasteiger partial charge in [-0.25, -0.2) is 0 Å². The van der Waals surface area contributed by atoms with Gasteiger partial charge in [0.25, 0.3) is 5.91 Å². The summed E-state index contributed by atoms with van der Waals surface area (Å²) in [5.41, 5.74) is -0.147. The van der Waals surface area contributed by atoms with Crippen LogP contribution in [0, 0.1) is 5.92 Å². The second kappa shape index (κ2) is 5.13. The number of rotatable bonds is 5. The highest BCUT2D eigenvalue weighted by Gasteiger charge is 2.45. The van der Waals surface area contributed by atoms with E-state index < -0.39 is 5.60 Å². The Morgan fingerprint density at radius 2 is 2.00 bits per heavy atom. The first-order chi connectivity index (χ1) is 9.70. The molecular formula is C16H17NO3. The SMILES string of the molecule is O=C(NC[C@](O)(c1ccccc1)C1CC1)c1ccco1. The molecule has 0 saturated heterocycles. The monoisotopic (exact) mass is 271 g/mol. The van der Waals surface area contributed by atoms with E-state index in [9.17, 15) is 9.90 Å². The second-order valence-electron chi connectivity index (χ2n) is 5.22. The van der Waals surface area contributed by atoms with Gasteiger partial charge in [0.05, 0.1) is 12.8 Å². The van der Waals surface area contributed by atoms with E-state index in [4.69, 9.17) is 4.42 Å². The van der Waals surface area contributed by atoms with Crippen molar-refractivity contribution >= 4 is 5.91 Å². The number of aliphatic hydroxyl groups is 1. The number of benzene rings is 1. The predicted molar refractivity (Wildman–Crippen MR) is 74.1 cm³/mol. The highest BCUT2D eigenvalue weighted by atomic mass is 16.3. The molecule has 1 fully saturated rings. The molecular weight excluding hydrogens is 254 g/mol. The lowest BCUT2D eigenvalue weighted by molar-refractivity contribution is 0.0132. The van der Waals surface area contributed by atoms with Gasteiger partial charge in [-0.15, -0.1) is 0 Å². The number of hydrogen-bond acceptors (Lipinski definition) is 3. The summed E-state index contributed by atoms with van der Waals surface area (Å²) in [7, 11) is 0. The topological polar surface area (TPSA) is 62.5 Å². The summed E-state index contributed by atoms with van der Waals surface area (Å²) >= 11 is 0. The van der Waals surface area contributed by atoms with E-state index in [2.05, 4.69) is 5.32 Å². The van der Waals surface area contributed by atoms with Crippen LogP contribution in [0.5, 0.6) is 0 Å². The molecule has 1 amide bonds. The fourth-order valence-corrected chi connectivity index (χ4v) is 2.48. The van der Waals surface area contributed by atoms with Gasteiger partial charge >= 0.3 is 0 Å². The molecule has 20 heavy (non-hydrogen) atoms. The first-order valence-corrected chi connectivity index (χ1v) is 6.80. The summed E-state index contributed by atoms with van der Waals surface area (Å²) in [5, 5.41) is 13.7.